The maximum atomic E-state index is 14.7. The summed E-state index contributed by atoms with van der Waals surface area (Å²) in [5.74, 6) is -6.99. The van der Waals surface area contributed by atoms with Crippen molar-refractivity contribution in [2.24, 2.45) is 23.1 Å². The highest BCUT2D eigenvalue weighted by Crippen LogP contribution is 2.31. The molecule has 31 nitrogen and oxygen atoms in total. The van der Waals surface area contributed by atoms with Crippen molar-refractivity contribution in [1.82, 2.24) is 61.8 Å². The van der Waals surface area contributed by atoms with E-state index >= 15 is 0 Å². The number of ether oxygens (including phenoxy) is 2. The summed E-state index contributed by atoms with van der Waals surface area (Å²) in [5, 5.41) is 84.7. The number of H-pyrrole nitrogens is 1. The summed E-state index contributed by atoms with van der Waals surface area (Å²) in [5.41, 5.74) is 23.0. The molecule has 0 aromatic carbocycles. The van der Waals surface area contributed by atoms with Crippen LogP contribution in [0, 0.1) is 12.8 Å². The molecule has 0 saturated carbocycles. The second-order valence-electron chi connectivity index (χ2n) is 19.6. The average Bonchev–Trinajstić information content (AvgIpc) is 4.32. The van der Waals surface area contributed by atoms with Gasteiger partial charge in [0.25, 0.3) is 11.8 Å². The minimum absolute atomic E-state index is 0.0396. The van der Waals surface area contributed by atoms with E-state index in [-0.39, 0.29) is 64.9 Å². The van der Waals surface area contributed by atoms with Crippen LogP contribution in [0.2, 0.25) is 0 Å². The Hall–Kier alpha value is -6.41. The molecule has 5 heterocycles. The topological polar surface area (TPSA) is 516 Å². The molecule has 82 heavy (non-hydrogen) atoms. The van der Waals surface area contributed by atoms with Gasteiger partial charge >= 0.3 is 0 Å². The van der Waals surface area contributed by atoms with E-state index in [1.807, 2.05) is 0 Å². The van der Waals surface area contributed by atoms with Crippen molar-refractivity contribution in [2.45, 2.75) is 126 Å². The lowest BCUT2D eigenvalue weighted by atomic mass is 9.96. The highest BCUT2D eigenvalue weighted by molar-refractivity contribution is 7.95. The summed E-state index contributed by atoms with van der Waals surface area (Å²) >= 11 is 2.57. The number of nitrogens with zero attached hydrogens (tertiary/aromatic N) is 5. The number of hydrogen-bond acceptors (Lipinski definition) is 25. The molecule has 0 radical (unpaired) electrons. The van der Waals surface area contributed by atoms with Gasteiger partial charge in [0.15, 0.2) is 6.29 Å². The molecule has 1 fully saturated rings. The predicted molar refractivity (Wildman–Crippen MR) is 298 cm³/mol. The maximum absolute atomic E-state index is 14.7. The van der Waals surface area contributed by atoms with Gasteiger partial charge in [-0.25, -0.2) is 24.9 Å². The third-order valence-corrected chi connectivity index (χ3v) is 15.8. The summed E-state index contributed by atoms with van der Waals surface area (Å²) in [6.07, 6.45) is -6.98. The lowest BCUT2D eigenvalue weighted by Crippen LogP contribution is -2.61. The zero-order valence-electron chi connectivity index (χ0n) is 45.7. The Morgan fingerprint density at radius 1 is 0.866 bits per heavy atom. The fraction of sp³-hybridized carbons (Fsp3) is 0.583. The first kappa shape index (κ1) is 66.4. The Balaban J connectivity index is 1.32. The van der Waals surface area contributed by atoms with E-state index in [1.54, 1.807) is 10.8 Å². The number of amides is 7. The fourth-order valence-electron chi connectivity index (χ4n) is 8.07. The van der Waals surface area contributed by atoms with E-state index < -0.39 is 139 Å². The lowest BCUT2D eigenvalue weighted by molar-refractivity contribution is -0.313. The Kier molecular flexibility index (Phi) is 24.9. The number of hydrogen-bond donors (Lipinski definition) is 17. The number of rotatable bonds is 31. The van der Waals surface area contributed by atoms with Gasteiger partial charge in [-0.2, -0.15) is 0 Å². The van der Waals surface area contributed by atoms with Crippen molar-refractivity contribution >= 4 is 80.7 Å². The molecule has 4 aromatic heterocycles. The monoisotopic (exact) mass is 1210 g/mol. The van der Waals surface area contributed by atoms with Crippen molar-refractivity contribution in [3.05, 3.63) is 56.8 Å². The van der Waals surface area contributed by atoms with Crippen LogP contribution in [0.15, 0.2) is 23.3 Å². The highest BCUT2D eigenvalue weighted by atomic mass is 32.2. The van der Waals surface area contributed by atoms with Crippen LogP contribution in [-0.4, -0.2) is 213 Å². The molecule has 452 valence electrons. The summed E-state index contributed by atoms with van der Waals surface area (Å²) in [4.78, 5) is 117. The van der Waals surface area contributed by atoms with Crippen LogP contribution in [0.3, 0.4) is 0 Å². The maximum Gasteiger partial charge on any atom is 0.271 e. The van der Waals surface area contributed by atoms with Gasteiger partial charge in [0.05, 0.1) is 78.6 Å². The molecule has 1 aliphatic rings. The number of carbonyl (C=O) groups is 7. The number of nitrogens with one attached hydrogen (secondary N) is 7. The average molecular weight is 1210 g/mol. The normalized spacial score (nSPS) is 20.5. The molecule has 21 N–H and O–H groups in total. The van der Waals surface area contributed by atoms with Gasteiger partial charge in [-0.05, 0) is 31.7 Å². The van der Waals surface area contributed by atoms with Crippen LogP contribution >= 0.6 is 22.7 Å². The minimum atomic E-state index is -2.03. The summed E-state index contributed by atoms with van der Waals surface area (Å²) < 4.78 is 11.7. The number of imidazole rings is 1. The number of nitrogen functional groups attached to an aromatic ring is 1. The van der Waals surface area contributed by atoms with Crippen molar-refractivity contribution in [3.8, 4) is 10.7 Å². The first-order valence-corrected chi connectivity index (χ1v) is 29.6. The number of aromatic nitrogens is 6. The van der Waals surface area contributed by atoms with Gasteiger partial charge in [0.1, 0.15) is 82.1 Å². The summed E-state index contributed by atoms with van der Waals surface area (Å²) in [6.45, 7) is 4.62. The smallest absolute Gasteiger partial charge is 0.271 e. The van der Waals surface area contributed by atoms with Gasteiger partial charge < -0.3 is 99.9 Å². The zero-order valence-corrected chi connectivity index (χ0v) is 48.1. The molecule has 5 rings (SSSR count). The van der Waals surface area contributed by atoms with Crippen molar-refractivity contribution in [3.63, 3.8) is 0 Å². The van der Waals surface area contributed by atoms with E-state index in [0.29, 0.717) is 22.3 Å². The molecule has 7 amide bonds. The van der Waals surface area contributed by atoms with E-state index in [0.717, 1.165) is 24.7 Å². The number of carbonyl (C=O) groups excluding carboxylic acids is 7. The number of aliphatic hydroxyl groups excluding tert-OH is 6. The number of thiazole rings is 2. The molecular formula is C48H73N16O15S3+. The fourth-order valence-corrected chi connectivity index (χ4v) is 10.4. The number of aromatic amines is 1. The third-order valence-electron chi connectivity index (χ3n) is 12.9. The second-order valence-corrected chi connectivity index (χ2v) is 23.8. The van der Waals surface area contributed by atoms with Gasteiger partial charge in [-0.1, -0.05) is 6.92 Å². The first-order valence-electron chi connectivity index (χ1n) is 25.7. The van der Waals surface area contributed by atoms with Crippen LogP contribution in [0.5, 0.6) is 0 Å². The lowest BCUT2D eigenvalue weighted by Gasteiger charge is -2.41. The first-order chi connectivity index (χ1) is 38.7. The third kappa shape index (κ3) is 18.0. The Bertz CT molecular complexity index is 2810. The van der Waals surface area contributed by atoms with Crippen LogP contribution in [0.25, 0.3) is 10.7 Å². The molecule has 34 heteroatoms. The Labute approximate surface area is 481 Å². The minimum Gasteiger partial charge on any atom is -0.394 e. The number of aliphatic hydroxyl groups is 6. The standard InChI is InChI=1S/C48H72N16O15S3/c1-19-31(61-41(64-39(19)51)24(12-29(50)67)56-13-23(49)40(52)72)45(76)63-33(38(25-14-53-18-57-25)79-48-37(71)36(70)35(69)28(15-65)78-48)46(77)58-21(3)34(68)20(2)42(73)62-32(22(4)66)44(75)55-10-8-30-59-27(17-80-30)47-60-26(16-81-47)43(74)54-9-7-11-82(5)6/h14,16-18,20-24,28,32-38,48,56,65-66,68-71H,7-13,15,49H2,1-6H3,(H11-,50,51,52,53,54,55,57,58,61,62,63,64,67,72,73,74,75,76,77)/p+1/t20-,21?,22+,23-,24?,28+,32?,33?,34?,35+,36-,37-,38?,48+/m0/s1. The number of nitrogens with two attached hydrogens (primary N) is 4. The largest absolute Gasteiger partial charge is 0.394 e. The van der Waals surface area contributed by atoms with Crippen LogP contribution in [-0.2, 0) is 50.8 Å². The quantitative estimate of drug-likeness (QED) is 0.0165. The number of primary amides is 2. The van der Waals surface area contributed by atoms with Gasteiger partial charge in [0, 0.05) is 55.2 Å². The molecule has 6 unspecified atom stereocenters. The van der Waals surface area contributed by atoms with Gasteiger partial charge in [-0.3, -0.25) is 33.6 Å². The van der Waals surface area contributed by atoms with Crippen molar-refractivity contribution in [2.75, 3.05) is 50.2 Å². The highest BCUT2D eigenvalue weighted by Gasteiger charge is 2.47. The van der Waals surface area contributed by atoms with Crippen LogP contribution in [0.1, 0.15) is 88.8 Å². The molecule has 1 aliphatic heterocycles. The predicted octanol–water partition coefficient (Wildman–Crippen LogP) is -5.63. The molecule has 0 aliphatic carbocycles. The molecule has 0 bridgehead atoms. The van der Waals surface area contributed by atoms with Crippen molar-refractivity contribution < 1.29 is 73.7 Å². The Morgan fingerprint density at radius 3 is 2.22 bits per heavy atom. The SMILES string of the molecule is Cc1c(N)nc(C(CC(N)=O)NC[C@H](N)C(N)=O)nc1C(=O)NC(C(=O)NC(C)C(O)[C@H](C)C(=O)NC(C(=O)NCCc1nc(-c2nc(C(=O)NCCC[S+](C)C)cs2)cs1)[C@@H](C)O)C(O[C@H]1O[C@H](CO)[C@@H](O)[C@H](O)[C@@H]1O)c1cnc[nH]1. The summed E-state index contributed by atoms with van der Waals surface area (Å²) in [7, 11) is 0.275. The molecule has 4 aromatic rings. The van der Waals surface area contributed by atoms with Crippen LogP contribution in [0.4, 0.5) is 5.82 Å². The van der Waals surface area contributed by atoms with E-state index in [4.69, 9.17) is 32.4 Å². The van der Waals surface area contributed by atoms with Gasteiger partial charge in [0.2, 0.25) is 29.5 Å². The molecule has 14 atom stereocenters. The Morgan fingerprint density at radius 2 is 1.59 bits per heavy atom. The van der Waals surface area contributed by atoms with Crippen LogP contribution < -0.4 is 54.8 Å². The molecular weight excluding hydrogens is 1140 g/mol. The molecule has 0 spiro atoms. The van der Waals surface area contributed by atoms with E-state index in [9.17, 15) is 64.2 Å². The van der Waals surface area contributed by atoms with Gasteiger partial charge in [-0.15, -0.1) is 22.7 Å². The number of anilines is 1. The second kappa shape index (κ2) is 30.8. The zero-order chi connectivity index (χ0) is 60.7. The molecule has 1 saturated heterocycles. The van der Waals surface area contributed by atoms with E-state index in [1.165, 1.54) is 50.4 Å². The van der Waals surface area contributed by atoms with Crippen molar-refractivity contribution in [1.29, 1.82) is 0 Å². The summed E-state index contributed by atoms with van der Waals surface area (Å²) in [6, 6.07) is -7.33. The van der Waals surface area contributed by atoms with E-state index in [2.05, 4.69) is 74.3 Å².